The van der Waals surface area contributed by atoms with Crippen molar-refractivity contribution in [1.29, 1.82) is 0 Å². The molecule has 4 heteroatoms. The number of aromatic nitrogens is 1. The van der Waals surface area contributed by atoms with Crippen molar-refractivity contribution < 1.29 is 9.13 Å². The van der Waals surface area contributed by atoms with Gasteiger partial charge in [0.1, 0.15) is 5.82 Å². The van der Waals surface area contributed by atoms with Gasteiger partial charge in [-0.25, -0.2) is 4.98 Å². The molecule has 0 radical (unpaired) electrons. The molecule has 0 unspecified atom stereocenters. The van der Waals surface area contributed by atoms with Gasteiger partial charge in [-0.1, -0.05) is 6.07 Å². The first kappa shape index (κ1) is 9.40. The zero-order chi connectivity index (χ0) is 9.97. The van der Waals surface area contributed by atoms with E-state index in [0.29, 0.717) is 5.82 Å². The quantitative estimate of drug-likeness (QED) is 0.732. The fourth-order valence-electron chi connectivity index (χ4n) is 1.60. The Morgan fingerprint density at radius 1 is 1.57 bits per heavy atom. The van der Waals surface area contributed by atoms with E-state index in [1.165, 1.54) is 6.07 Å². The largest absolute Gasteiger partial charge is 0.376 e. The minimum absolute atomic E-state index is 0.167. The van der Waals surface area contributed by atoms with Crippen molar-refractivity contribution >= 4 is 5.82 Å². The Morgan fingerprint density at radius 3 is 3.07 bits per heavy atom. The van der Waals surface area contributed by atoms with Gasteiger partial charge in [-0.2, -0.15) is 4.39 Å². The van der Waals surface area contributed by atoms with Crippen LogP contribution >= 0.6 is 0 Å². The molecule has 0 amide bonds. The Bertz CT molecular complexity index is 319. The zero-order valence-corrected chi connectivity index (χ0v) is 8.03. The van der Waals surface area contributed by atoms with Crippen LogP contribution in [0.15, 0.2) is 18.2 Å². The first-order valence-corrected chi connectivity index (χ1v) is 4.76. The highest BCUT2D eigenvalue weighted by molar-refractivity contribution is 5.35. The second-order valence-electron chi connectivity index (χ2n) is 3.46. The molecule has 2 rings (SSSR count). The second-order valence-corrected chi connectivity index (χ2v) is 3.46. The van der Waals surface area contributed by atoms with Gasteiger partial charge in [0.05, 0.1) is 12.1 Å². The molecule has 3 nitrogen and oxygen atoms in total. The summed E-state index contributed by atoms with van der Waals surface area (Å²) in [6, 6.07) is 4.98. The van der Waals surface area contributed by atoms with E-state index in [1.807, 2.05) is 6.92 Å². The molecule has 0 spiro atoms. The smallest absolute Gasteiger partial charge is 0.214 e. The van der Waals surface area contributed by atoms with E-state index in [9.17, 15) is 4.39 Å². The maximum Gasteiger partial charge on any atom is 0.214 e. The molecule has 0 saturated carbocycles. The van der Waals surface area contributed by atoms with E-state index in [0.717, 1.165) is 13.0 Å². The van der Waals surface area contributed by atoms with Crippen LogP contribution < -0.4 is 5.32 Å². The molecule has 14 heavy (non-hydrogen) atoms. The molecule has 1 aromatic heterocycles. The fourth-order valence-corrected chi connectivity index (χ4v) is 1.60. The van der Waals surface area contributed by atoms with Crippen LogP contribution in [0.2, 0.25) is 0 Å². The Morgan fingerprint density at radius 2 is 2.43 bits per heavy atom. The lowest BCUT2D eigenvalue weighted by molar-refractivity contribution is 0.121. The van der Waals surface area contributed by atoms with Crippen LogP contribution in [0.25, 0.3) is 0 Å². The molecule has 1 N–H and O–H groups in total. The average Bonchev–Trinajstić information content (AvgIpc) is 2.52. The molecule has 0 aliphatic carbocycles. The number of hydrogen-bond donors (Lipinski definition) is 1. The highest BCUT2D eigenvalue weighted by Gasteiger charge is 2.24. The highest BCUT2D eigenvalue weighted by Crippen LogP contribution is 2.17. The number of halogens is 1. The summed E-state index contributed by atoms with van der Waals surface area (Å²) in [4.78, 5) is 3.74. The topological polar surface area (TPSA) is 34.1 Å². The highest BCUT2D eigenvalue weighted by atomic mass is 19.1. The monoisotopic (exact) mass is 196 g/mol. The standard InChI is InChI=1S/C10H13FN2O/c1-7-8(5-6-14-7)12-10-4-2-3-9(11)13-10/h2-4,7-8H,5-6H2,1H3,(H,12,13)/t7-,8-/m1/s1. The number of anilines is 1. The summed E-state index contributed by atoms with van der Waals surface area (Å²) >= 11 is 0. The third-order valence-electron chi connectivity index (χ3n) is 2.42. The van der Waals surface area contributed by atoms with E-state index >= 15 is 0 Å². The van der Waals surface area contributed by atoms with Crippen molar-refractivity contribution in [3.8, 4) is 0 Å². The van der Waals surface area contributed by atoms with Gasteiger partial charge in [-0.15, -0.1) is 0 Å². The summed E-state index contributed by atoms with van der Waals surface area (Å²) in [5, 5.41) is 3.16. The minimum Gasteiger partial charge on any atom is -0.376 e. The van der Waals surface area contributed by atoms with E-state index < -0.39 is 5.95 Å². The number of ether oxygens (including phenoxy) is 1. The van der Waals surface area contributed by atoms with Gasteiger partial charge in [0, 0.05) is 6.61 Å². The Balaban J connectivity index is 2.03. The van der Waals surface area contributed by atoms with Crippen molar-refractivity contribution in [3.05, 3.63) is 24.1 Å². The summed E-state index contributed by atoms with van der Waals surface area (Å²) in [5.41, 5.74) is 0. The number of rotatable bonds is 2. The van der Waals surface area contributed by atoms with Crippen LogP contribution in [0.1, 0.15) is 13.3 Å². The summed E-state index contributed by atoms with van der Waals surface area (Å²) in [7, 11) is 0. The summed E-state index contributed by atoms with van der Waals surface area (Å²) < 4.78 is 18.1. The maximum absolute atomic E-state index is 12.8. The predicted molar refractivity (Wildman–Crippen MR) is 51.6 cm³/mol. The number of pyridine rings is 1. The lowest BCUT2D eigenvalue weighted by atomic mass is 10.1. The van der Waals surface area contributed by atoms with Gasteiger partial charge in [0.2, 0.25) is 5.95 Å². The van der Waals surface area contributed by atoms with Crippen LogP contribution in [0.3, 0.4) is 0 Å². The third kappa shape index (κ3) is 2.01. The summed E-state index contributed by atoms with van der Waals surface area (Å²) in [6.07, 6.45) is 1.11. The molecular formula is C10H13FN2O. The molecule has 76 valence electrons. The van der Waals surface area contributed by atoms with Crippen LogP contribution in [-0.4, -0.2) is 23.7 Å². The van der Waals surface area contributed by atoms with Crippen molar-refractivity contribution in [2.24, 2.45) is 0 Å². The summed E-state index contributed by atoms with van der Waals surface area (Å²) in [5.74, 6) is 0.119. The molecule has 1 fully saturated rings. The van der Waals surface area contributed by atoms with Crippen LogP contribution in [0.4, 0.5) is 10.2 Å². The van der Waals surface area contributed by atoms with Crippen molar-refractivity contribution in [2.75, 3.05) is 11.9 Å². The van der Waals surface area contributed by atoms with E-state index in [4.69, 9.17) is 4.74 Å². The molecule has 0 bridgehead atoms. The van der Waals surface area contributed by atoms with Gasteiger partial charge in [0.25, 0.3) is 0 Å². The molecule has 1 aliphatic rings. The Hall–Kier alpha value is -1.16. The van der Waals surface area contributed by atoms with Crippen molar-refractivity contribution in [2.45, 2.75) is 25.5 Å². The minimum atomic E-state index is -0.457. The first-order valence-electron chi connectivity index (χ1n) is 4.76. The normalized spacial score (nSPS) is 26.4. The third-order valence-corrected chi connectivity index (χ3v) is 2.42. The molecule has 1 aromatic rings. The summed E-state index contributed by atoms with van der Waals surface area (Å²) in [6.45, 7) is 2.76. The van der Waals surface area contributed by atoms with Crippen LogP contribution in [0, 0.1) is 5.95 Å². The molecule has 2 atom stereocenters. The van der Waals surface area contributed by atoms with Crippen molar-refractivity contribution in [1.82, 2.24) is 4.98 Å². The van der Waals surface area contributed by atoms with Crippen LogP contribution in [-0.2, 0) is 4.74 Å². The predicted octanol–water partition coefficient (Wildman–Crippen LogP) is 1.81. The molecule has 1 saturated heterocycles. The Labute approximate surface area is 82.3 Å². The van der Waals surface area contributed by atoms with Gasteiger partial charge < -0.3 is 10.1 Å². The number of nitrogens with zero attached hydrogens (tertiary/aromatic N) is 1. The first-order chi connectivity index (χ1) is 6.75. The van der Waals surface area contributed by atoms with Gasteiger partial charge >= 0.3 is 0 Å². The lowest BCUT2D eigenvalue weighted by Crippen LogP contribution is -2.27. The number of hydrogen-bond acceptors (Lipinski definition) is 3. The molecule has 2 heterocycles. The lowest BCUT2D eigenvalue weighted by Gasteiger charge is -2.16. The van der Waals surface area contributed by atoms with Gasteiger partial charge in [-0.3, -0.25) is 0 Å². The van der Waals surface area contributed by atoms with Crippen molar-refractivity contribution in [3.63, 3.8) is 0 Å². The number of nitrogens with one attached hydrogen (secondary N) is 1. The molecule has 0 aromatic carbocycles. The maximum atomic E-state index is 12.8. The Kier molecular flexibility index (Phi) is 2.63. The van der Waals surface area contributed by atoms with Gasteiger partial charge in [-0.05, 0) is 25.5 Å². The molecule has 1 aliphatic heterocycles. The SMILES string of the molecule is C[C@H]1OCC[C@H]1Nc1cccc(F)n1. The second kappa shape index (κ2) is 3.92. The van der Waals surface area contributed by atoms with E-state index in [-0.39, 0.29) is 12.1 Å². The molecular weight excluding hydrogens is 183 g/mol. The zero-order valence-electron chi connectivity index (χ0n) is 8.03. The van der Waals surface area contributed by atoms with E-state index in [2.05, 4.69) is 10.3 Å². The average molecular weight is 196 g/mol. The van der Waals surface area contributed by atoms with Crippen LogP contribution in [0.5, 0.6) is 0 Å². The fraction of sp³-hybridized carbons (Fsp3) is 0.500. The van der Waals surface area contributed by atoms with E-state index in [1.54, 1.807) is 12.1 Å². The van der Waals surface area contributed by atoms with Gasteiger partial charge in [0.15, 0.2) is 0 Å².